The van der Waals surface area contributed by atoms with Gasteiger partial charge in [-0.15, -0.1) is 0 Å². The third-order valence-electron chi connectivity index (χ3n) is 3.80. The van der Waals surface area contributed by atoms with Crippen molar-refractivity contribution in [2.75, 3.05) is 0 Å². The molecule has 0 N–H and O–H groups in total. The van der Waals surface area contributed by atoms with Gasteiger partial charge in [0.2, 0.25) is 0 Å². The van der Waals surface area contributed by atoms with E-state index in [1.807, 2.05) is 0 Å². The zero-order valence-corrected chi connectivity index (χ0v) is 13.7. The largest absolute Gasteiger partial charge is 0.0856 e. The fourth-order valence-corrected chi connectivity index (χ4v) is 2.51. The Bertz CT molecular complexity index is 186. The molecule has 0 fully saturated rings. The molecule has 113 valence electrons. The summed E-state index contributed by atoms with van der Waals surface area (Å²) in [6.45, 7) is 8.27. The Labute approximate surface area is 123 Å². The lowest BCUT2D eigenvalue weighted by Crippen LogP contribution is -1.82. The van der Waals surface area contributed by atoms with Crippen molar-refractivity contribution in [3.63, 3.8) is 0 Å². The monoisotopic (exact) mass is 265 g/mol. The SMILES string of the molecule is [CH2]/C(C)=C/CCCCCCCCCCCCCCC. The second-order valence-electron chi connectivity index (χ2n) is 6.08. The highest BCUT2D eigenvalue weighted by atomic mass is 14.0. The fraction of sp³-hybridized carbons (Fsp3) is 0.842. The average Bonchev–Trinajstić information content (AvgIpc) is 2.39. The summed E-state index contributed by atoms with van der Waals surface area (Å²) < 4.78 is 0. The first-order chi connectivity index (χ1) is 9.27. The standard InChI is InChI=1S/C19H37/c1-4-5-6-7-8-9-10-11-12-13-14-15-16-17-18-19(2)3/h18H,2,4-17H2,1,3H3/b19-18-. The molecule has 0 aliphatic carbocycles. The molecule has 0 aromatic heterocycles. The van der Waals surface area contributed by atoms with Gasteiger partial charge in [-0.1, -0.05) is 95.6 Å². The summed E-state index contributed by atoms with van der Waals surface area (Å²) >= 11 is 0. The van der Waals surface area contributed by atoms with Crippen LogP contribution in [0.4, 0.5) is 0 Å². The van der Waals surface area contributed by atoms with E-state index in [1.54, 1.807) is 0 Å². The smallest absolute Gasteiger partial charge is 0.0286 e. The van der Waals surface area contributed by atoms with Gasteiger partial charge in [-0.25, -0.2) is 0 Å². The van der Waals surface area contributed by atoms with Gasteiger partial charge in [-0.05, 0) is 26.7 Å². The van der Waals surface area contributed by atoms with E-state index in [9.17, 15) is 0 Å². The van der Waals surface area contributed by atoms with E-state index in [1.165, 1.54) is 95.5 Å². The molecule has 0 unspecified atom stereocenters. The van der Waals surface area contributed by atoms with Crippen molar-refractivity contribution in [3.05, 3.63) is 18.6 Å². The molecule has 0 amide bonds. The van der Waals surface area contributed by atoms with E-state index in [0.717, 1.165) is 0 Å². The Morgan fingerprint density at radius 3 is 1.42 bits per heavy atom. The highest BCUT2D eigenvalue weighted by Gasteiger charge is 1.93. The molecular weight excluding hydrogens is 228 g/mol. The Kier molecular flexibility index (Phi) is 15.6. The van der Waals surface area contributed by atoms with Crippen LogP contribution in [-0.2, 0) is 0 Å². The summed E-state index contributed by atoms with van der Waals surface area (Å²) in [4.78, 5) is 0. The van der Waals surface area contributed by atoms with Crippen LogP contribution in [0.25, 0.3) is 0 Å². The van der Waals surface area contributed by atoms with Crippen LogP contribution in [-0.4, -0.2) is 0 Å². The summed E-state index contributed by atoms with van der Waals surface area (Å²) in [6.07, 6.45) is 22.2. The van der Waals surface area contributed by atoms with E-state index >= 15 is 0 Å². The number of hydrogen-bond acceptors (Lipinski definition) is 0. The number of rotatable bonds is 14. The molecule has 0 aromatic carbocycles. The van der Waals surface area contributed by atoms with Crippen LogP contribution in [0.3, 0.4) is 0 Å². The molecule has 0 aliphatic heterocycles. The van der Waals surface area contributed by atoms with Crippen molar-refractivity contribution in [3.8, 4) is 0 Å². The first-order valence-corrected chi connectivity index (χ1v) is 8.76. The quantitative estimate of drug-likeness (QED) is 0.290. The number of hydrogen-bond donors (Lipinski definition) is 0. The topological polar surface area (TPSA) is 0 Å². The van der Waals surface area contributed by atoms with Gasteiger partial charge in [0.1, 0.15) is 0 Å². The van der Waals surface area contributed by atoms with Gasteiger partial charge in [0.15, 0.2) is 0 Å². The zero-order chi connectivity index (χ0) is 14.2. The molecule has 0 nitrogen and oxygen atoms in total. The van der Waals surface area contributed by atoms with Gasteiger partial charge >= 0.3 is 0 Å². The number of unbranched alkanes of at least 4 members (excludes halogenated alkanes) is 13. The van der Waals surface area contributed by atoms with E-state index in [-0.39, 0.29) is 0 Å². The second-order valence-corrected chi connectivity index (χ2v) is 6.08. The Hall–Kier alpha value is -0.260. The fourth-order valence-electron chi connectivity index (χ4n) is 2.51. The Balaban J connectivity index is 2.97. The molecule has 1 radical (unpaired) electrons. The van der Waals surface area contributed by atoms with Gasteiger partial charge in [0.05, 0.1) is 0 Å². The van der Waals surface area contributed by atoms with Crippen molar-refractivity contribution in [2.45, 2.75) is 104 Å². The van der Waals surface area contributed by atoms with E-state index in [4.69, 9.17) is 0 Å². The molecule has 0 saturated carbocycles. The first-order valence-electron chi connectivity index (χ1n) is 8.76. The highest BCUT2D eigenvalue weighted by Crippen LogP contribution is 2.13. The molecule has 0 rings (SSSR count). The molecule has 0 heterocycles. The maximum atomic E-state index is 3.90. The molecule has 0 spiro atoms. The van der Waals surface area contributed by atoms with Gasteiger partial charge < -0.3 is 0 Å². The molecule has 0 aliphatic rings. The van der Waals surface area contributed by atoms with Crippen LogP contribution in [0.5, 0.6) is 0 Å². The highest BCUT2D eigenvalue weighted by molar-refractivity contribution is 5.00. The summed E-state index contributed by atoms with van der Waals surface area (Å²) in [5.74, 6) is 0. The van der Waals surface area contributed by atoms with Crippen LogP contribution in [0.15, 0.2) is 11.6 Å². The van der Waals surface area contributed by atoms with Crippen LogP contribution in [0.2, 0.25) is 0 Å². The normalized spacial score (nSPS) is 12.1. The van der Waals surface area contributed by atoms with E-state index in [0.29, 0.717) is 0 Å². The molecule has 0 saturated heterocycles. The van der Waals surface area contributed by atoms with Crippen molar-refractivity contribution in [1.29, 1.82) is 0 Å². The van der Waals surface area contributed by atoms with E-state index in [2.05, 4.69) is 26.8 Å². The third kappa shape index (κ3) is 17.7. The summed E-state index contributed by atoms with van der Waals surface area (Å²) in [5, 5.41) is 0. The lowest BCUT2D eigenvalue weighted by molar-refractivity contribution is 0.540. The average molecular weight is 266 g/mol. The van der Waals surface area contributed by atoms with Crippen molar-refractivity contribution >= 4 is 0 Å². The summed E-state index contributed by atoms with van der Waals surface area (Å²) in [7, 11) is 0. The molecule has 0 atom stereocenters. The Morgan fingerprint density at radius 1 is 0.684 bits per heavy atom. The molecule has 19 heavy (non-hydrogen) atoms. The predicted molar refractivity (Wildman–Crippen MR) is 89.4 cm³/mol. The predicted octanol–water partition coefficient (Wildman–Crippen LogP) is 7.25. The van der Waals surface area contributed by atoms with Gasteiger partial charge in [-0.2, -0.15) is 0 Å². The lowest BCUT2D eigenvalue weighted by Gasteiger charge is -2.02. The minimum absolute atomic E-state index is 1.22. The van der Waals surface area contributed by atoms with Crippen molar-refractivity contribution in [1.82, 2.24) is 0 Å². The summed E-state index contributed by atoms with van der Waals surface area (Å²) in [6, 6.07) is 0. The minimum atomic E-state index is 1.22. The maximum absolute atomic E-state index is 3.90. The minimum Gasteiger partial charge on any atom is -0.0856 e. The first kappa shape index (κ1) is 18.7. The molecule has 0 heteroatoms. The molecule has 0 aromatic rings. The van der Waals surface area contributed by atoms with Crippen LogP contribution in [0, 0.1) is 6.92 Å². The third-order valence-corrected chi connectivity index (χ3v) is 3.80. The van der Waals surface area contributed by atoms with Gasteiger partial charge in [0.25, 0.3) is 0 Å². The van der Waals surface area contributed by atoms with Crippen molar-refractivity contribution in [2.24, 2.45) is 0 Å². The van der Waals surface area contributed by atoms with Crippen LogP contribution >= 0.6 is 0 Å². The van der Waals surface area contributed by atoms with Gasteiger partial charge in [0, 0.05) is 0 Å². The molecular formula is C19H37. The maximum Gasteiger partial charge on any atom is -0.0286 e. The number of allylic oxidation sites excluding steroid dienone is 2. The van der Waals surface area contributed by atoms with E-state index < -0.39 is 0 Å². The molecule has 0 bridgehead atoms. The van der Waals surface area contributed by atoms with Gasteiger partial charge in [-0.3, -0.25) is 0 Å². The Morgan fingerprint density at radius 2 is 1.05 bits per heavy atom. The van der Waals surface area contributed by atoms with Crippen molar-refractivity contribution < 1.29 is 0 Å². The summed E-state index contributed by atoms with van der Waals surface area (Å²) in [5.41, 5.74) is 1.22. The van der Waals surface area contributed by atoms with Crippen LogP contribution in [0.1, 0.15) is 104 Å². The van der Waals surface area contributed by atoms with Crippen LogP contribution < -0.4 is 0 Å². The lowest BCUT2D eigenvalue weighted by atomic mass is 10.0. The second kappa shape index (κ2) is 15.8. The zero-order valence-electron chi connectivity index (χ0n) is 13.7.